The van der Waals surface area contributed by atoms with E-state index in [2.05, 4.69) is 23.2 Å². The van der Waals surface area contributed by atoms with Gasteiger partial charge in [0.15, 0.2) is 0 Å². The maximum Gasteiger partial charge on any atom is 0.330 e. The van der Waals surface area contributed by atoms with Gasteiger partial charge in [0.2, 0.25) is 5.91 Å². The molecule has 0 saturated heterocycles. The van der Waals surface area contributed by atoms with Crippen molar-refractivity contribution < 1.29 is 37.2 Å². The summed E-state index contributed by atoms with van der Waals surface area (Å²) in [5.74, 6) is -2.59. The van der Waals surface area contributed by atoms with Crippen molar-refractivity contribution in [3.8, 4) is 0 Å². The summed E-state index contributed by atoms with van der Waals surface area (Å²) in [6.45, 7) is 9.23. The molecule has 23 heavy (non-hydrogen) atoms. The first kappa shape index (κ1) is 23.1. The Bertz CT molecular complexity index is 550. The lowest BCUT2D eigenvalue weighted by Gasteiger charge is -2.23. The first-order valence-corrected chi connectivity index (χ1v) is 7.84. The smallest absolute Gasteiger partial charge is 0.330 e. The van der Waals surface area contributed by atoms with Crippen LogP contribution in [-0.4, -0.2) is 53.8 Å². The number of hydrogen-bond donors (Lipinski definition) is 3. The molecule has 0 saturated carbocycles. The van der Waals surface area contributed by atoms with Crippen LogP contribution in [0.4, 0.5) is 0 Å². The lowest BCUT2D eigenvalue weighted by molar-refractivity contribution is -0.142. The maximum atomic E-state index is 10.8. The van der Waals surface area contributed by atoms with Crippen LogP contribution in [0.3, 0.4) is 0 Å². The van der Waals surface area contributed by atoms with Gasteiger partial charge in [-0.2, -0.15) is 8.42 Å². The minimum Gasteiger partial charge on any atom is -0.481 e. The number of esters is 1. The van der Waals surface area contributed by atoms with Crippen molar-refractivity contribution in [2.75, 3.05) is 12.4 Å². The van der Waals surface area contributed by atoms with Crippen LogP contribution in [0.25, 0.3) is 0 Å². The van der Waals surface area contributed by atoms with Crippen molar-refractivity contribution in [2.45, 2.75) is 25.8 Å². The Balaban J connectivity index is 0. The minimum absolute atomic E-state index is 0.0970. The normalized spacial score (nSPS) is 10.6. The molecule has 3 N–H and O–H groups in total. The summed E-state index contributed by atoms with van der Waals surface area (Å²) in [7, 11) is -4.08. The summed E-state index contributed by atoms with van der Waals surface area (Å²) in [5.41, 5.74) is -1.00. The van der Waals surface area contributed by atoms with Crippen molar-refractivity contribution in [2.24, 2.45) is 0 Å². The molecule has 132 valence electrons. The molecular weight excluding hydrogens is 330 g/mol. The van der Waals surface area contributed by atoms with Crippen molar-refractivity contribution in [3.05, 3.63) is 25.3 Å². The molecule has 0 aliphatic heterocycles. The standard InChI is InChI=1S/C7H13NO4S.C6H8O4/c1-4-6(9)8-7(2,3)5-13(10,11)12;1-2-6(9)10-4-3-5(7)8/h4H,1,5H2,2-3H3,(H,8,9)(H,10,11,12);2H,1,3-4H2,(H,7,8). The summed E-state index contributed by atoms with van der Waals surface area (Å²) < 4.78 is 33.9. The van der Waals surface area contributed by atoms with Crippen molar-refractivity contribution in [3.63, 3.8) is 0 Å². The highest BCUT2D eigenvalue weighted by atomic mass is 32.2. The van der Waals surface area contributed by atoms with Gasteiger partial charge in [-0.15, -0.1) is 0 Å². The number of aliphatic carboxylic acids is 1. The van der Waals surface area contributed by atoms with Gasteiger partial charge < -0.3 is 15.2 Å². The van der Waals surface area contributed by atoms with Crippen LogP contribution in [0.1, 0.15) is 20.3 Å². The molecule has 0 fully saturated rings. The predicted molar refractivity (Wildman–Crippen MR) is 82.2 cm³/mol. The van der Waals surface area contributed by atoms with E-state index in [1.807, 2.05) is 0 Å². The van der Waals surface area contributed by atoms with E-state index in [-0.39, 0.29) is 13.0 Å². The molecule has 0 aromatic heterocycles. The monoisotopic (exact) mass is 351 g/mol. The summed E-state index contributed by atoms with van der Waals surface area (Å²) in [6, 6.07) is 0. The van der Waals surface area contributed by atoms with Crippen LogP contribution in [-0.2, 0) is 29.2 Å². The van der Waals surface area contributed by atoms with Crippen LogP contribution in [0.2, 0.25) is 0 Å². The molecule has 0 unspecified atom stereocenters. The van der Waals surface area contributed by atoms with Gasteiger partial charge in [0.25, 0.3) is 10.1 Å². The van der Waals surface area contributed by atoms with Crippen LogP contribution < -0.4 is 5.32 Å². The number of ether oxygens (including phenoxy) is 1. The van der Waals surface area contributed by atoms with E-state index < -0.39 is 39.3 Å². The second-order valence-electron chi connectivity index (χ2n) is 4.82. The van der Waals surface area contributed by atoms with Gasteiger partial charge in [0.05, 0.1) is 17.7 Å². The second kappa shape index (κ2) is 10.5. The van der Waals surface area contributed by atoms with Crippen LogP contribution in [0.5, 0.6) is 0 Å². The van der Waals surface area contributed by atoms with E-state index in [1.165, 1.54) is 13.8 Å². The zero-order valence-electron chi connectivity index (χ0n) is 12.9. The van der Waals surface area contributed by atoms with Gasteiger partial charge in [-0.05, 0) is 19.9 Å². The minimum atomic E-state index is -4.08. The third kappa shape index (κ3) is 17.7. The van der Waals surface area contributed by atoms with E-state index in [0.29, 0.717) is 0 Å². The molecule has 0 heterocycles. The third-order valence-corrected chi connectivity index (χ3v) is 3.00. The zero-order chi connectivity index (χ0) is 18.7. The lowest BCUT2D eigenvalue weighted by Crippen LogP contribution is -2.47. The fraction of sp³-hybridized carbons (Fsp3) is 0.462. The summed E-state index contributed by atoms with van der Waals surface area (Å²) in [6.07, 6.45) is 1.85. The van der Waals surface area contributed by atoms with E-state index in [9.17, 15) is 22.8 Å². The largest absolute Gasteiger partial charge is 0.481 e. The first-order chi connectivity index (χ1) is 10.3. The van der Waals surface area contributed by atoms with E-state index in [0.717, 1.165) is 12.2 Å². The number of rotatable bonds is 8. The van der Waals surface area contributed by atoms with Crippen LogP contribution in [0, 0.1) is 0 Å². The van der Waals surface area contributed by atoms with Crippen molar-refractivity contribution >= 4 is 28.0 Å². The molecule has 0 aliphatic rings. The number of carbonyl (C=O) groups excluding carboxylic acids is 2. The number of carboxylic acids is 1. The Morgan fingerprint density at radius 1 is 1.22 bits per heavy atom. The highest BCUT2D eigenvalue weighted by molar-refractivity contribution is 7.85. The van der Waals surface area contributed by atoms with Crippen molar-refractivity contribution in [1.82, 2.24) is 5.32 Å². The Kier molecular flexibility index (Phi) is 10.5. The highest BCUT2D eigenvalue weighted by Gasteiger charge is 2.25. The third-order valence-electron chi connectivity index (χ3n) is 1.92. The summed E-state index contributed by atoms with van der Waals surface area (Å²) in [4.78, 5) is 30.9. The average Bonchev–Trinajstić information content (AvgIpc) is 2.35. The Hall–Kier alpha value is -2.20. The molecule has 10 heteroatoms. The molecule has 0 aromatic rings. The fourth-order valence-corrected chi connectivity index (χ4v) is 2.16. The van der Waals surface area contributed by atoms with Gasteiger partial charge in [-0.3, -0.25) is 14.1 Å². The maximum absolute atomic E-state index is 10.8. The van der Waals surface area contributed by atoms with Gasteiger partial charge >= 0.3 is 11.9 Å². The summed E-state index contributed by atoms with van der Waals surface area (Å²) >= 11 is 0. The first-order valence-electron chi connectivity index (χ1n) is 6.23. The molecule has 1 amide bonds. The van der Waals surface area contributed by atoms with Crippen LogP contribution >= 0.6 is 0 Å². The number of nitrogens with one attached hydrogen (secondary N) is 1. The summed E-state index contributed by atoms with van der Waals surface area (Å²) in [5, 5.41) is 10.4. The molecule has 0 radical (unpaired) electrons. The molecule has 0 spiro atoms. The topological polar surface area (TPSA) is 147 Å². The SMILES string of the molecule is C=CC(=O)NC(C)(C)CS(=O)(=O)O.C=CC(=O)OCCC(=O)O. The lowest BCUT2D eigenvalue weighted by atomic mass is 10.1. The van der Waals surface area contributed by atoms with Gasteiger partial charge in [0, 0.05) is 6.08 Å². The van der Waals surface area contributed by atoms with E-state index in [4.69, 9.17) is 9.66 Å². The van der Waals surface area contributed by atoms with E-state index >= 15 is 0 Å². The Labute approximate surface area is 134 Å². The van der Waals surface area contributed by atoms with Gasteiger partial charge in [0.1, 0.15) is 6.61 Å². The van der Waals surface area contributed by atoms with Gasteiger partial charge in [-0.25, -0.2) is 4.79 Å². The number of carbonyl (C=O) groups is 3. The van der Waals surface area contributed by atoms with Gasteiger partial charge in [-0.1, -0.05) is 13.2 Å². The highest BCUT2D eigenvalue weighted by Crippen LogP contribution is 2.05. The Morgan fingerprint density at radius 2 is 1.74 bits per heavy atom. The second-order valence-corrected chi connectivity index (χ2v) is 6.27. The molecule has 0 rings (SSSR count). The number of carboxylic acid groups (broad SMARTS) is 1. The van der Waals surface area contributed by atoms with E-state index in [1.54, 1.807) is 0 Å². The molecule has 0 aromatic carbocycles. The average molecular weight is 351 g/mol. The molecule has 0 aliphatic carbocycles. The zero-order valence-corrected chi connectivity index (χ0v) is 13.8. The molecular formula is C13H21NO8S. The fourth-order valence-electron chi connectivity index (χ4n) is 1.17. The van der Waals surface area contributed by atoms with Crippen LogP contribution in [0.15, 0.2) is 25.3 Å². The Morgan fingerprint density at radius 3 is 2.09 bits per heavy atom. The molecule has 9 nitrogen and oxygen atoms in total. The molecule has 0 bridgehead atoms. The molecule has 0 atom stereocenters. The van der Waals surface area contributed by atoms with Crippen molar-refractivity contribution in [1.29, 1.82) is 0 Å². The quantitative estimate of drug-likeness (QED) is 0.318. The predicted octanol–water partition coefficient (Wildman–Crippen LogP) is 0.145. The number of hydrogen-bond acceptors (Lipinski definition) is 6. The number of amides is 1.